The molecule has 2 aliphatic heterocycles. The van der Waals surface area contributed by atoms with Crippen molar-refractivity contribution in [1.29, 1.82) is 0 Å². The van der Waals surface area contributed by atoms with Gasteiger partial charge in [0.15, 0.2) is 0 Å². The van der Waals surface area contributed by atoms with Gasteiger partial charge in [-0.15, -0.1) is 0 Å². The Balaban J connectivity index is 1.81. The third-order valence-corrected chi connectivity index (χ3v) is 15.7. The molecule has 10 N–H and O–H groups in total. The number of methoxy groups -OCH3 is 2. The molecule has 470 valence electrons. The Kier molecular flexibility index (Phi) is 30.2. The van der Waals surface area contributed by atoms with Gasteiger partial charge in [-0.25, -0.2) is 0 Å². The first-order valence-electron chi connectivity index (χ1n) is 29.3. The van der Waals surface area contributed by atoms with Gasteiger partial charge < -0.3 is 62.6 Å². The predicted octanol–water partition coefficient (Wildman–Crippen LogP) is -0.117. The molecule has 0 spiro atoms. The molecule has 25 nitrogen and oxygen atoms in total. The molecular formula is C59H96N12O13. The number of hydrogen-bond acceptors (Lipinski definition) is 15. The number of hydrogen-bond donors (Lipinski definition) is 8. The van der Waals surface area contributed by atoms with E-state index in [9.17, 15) is 52.7 Å². The van der Waals surface area contributed by atoms with Crippen LogP contribution in [0.2, 0.25) is 0 Å². The van der Waals surface area contributed by atoms with Crippen LogP contribution in [-0.4, -0.2) is 207 Å². The van der Waals surface area contributed by atoms with Crippen LogP contribution in [0.3, 0.4) is 0 Å². The standard InChI is InChI=1S/C59H96N12O13/c1-13-37(6)52(69(10)59(82)50(35(2)3)67-58(81)51(36(4)5)68(8)9)44(83-11)34-49(76)70-30-19-23-43(70)53(84-12)38(7)54(77)65-41(32-39-20-15-14-16-21-39)56(79)66-42(33-45(61)72)57(80)64-40(22-17-18-27-60)55(78)63-29-28-62-46(73)26-31-71-47(74)24-25-48(71)75/h14-16,20-21,24-25,35-38,40-44,50-53H,13,17-19,22-23,26-34,60H2,1-12H3,(H2,61,72)(H,62,73)(H,63,78)(H,64,80)(H,65,77)(H,66,79)(H,67,81)/t37-,38+,40-,41-,42-,43-,44+,50-,51-,52-,53?/m0/s1. The molecule has 84 heavy (non-hydrogen) atoms. The van der Waals surface area contributed by atoms with Crippen molar-refractivity contribution in [3.63, 3.8) is 0 Å². The molecule has 25 heteroatoms. The zero-order valence-electron chi connectivity index (χ0n) is 51.4. The van der Waals surface area contributed by atoms with E-state index in [2.05, 4.69) is 31.9 Å². The van der Waals surface area contributed by atoms with E-state index in [1.807, 2.05) is 60.5 Å². The van der Waals surface area contributed by atoms with Gasteiger partial charge in [0, 0.05) is 72.4 Å². The number of unbranched alkanes of at least 4 members (excludes halogenated alkanes) is 1. The van der Waals surface area contributed by atoms with Crippen LogP contribution in [0.1, 0.15) is 112 Å². The van der Waals surface area contributed by atoms with Crippen molar-refractivity contribution >= 4 is 65.0 Å². The second kappa shape index (κ2) is 35.5. The fraction of sp³-hybridized carbons (Fsp3) is 0.678. The quantitative estimate of drug-likeness (QED) is 0.0318. The number of nitrogens with zero attached hydrogens (tertiary/aromatic N) is 4. The molecule has 0 aromatic heterocycles. The topological polar surface area (TPSA) is 343 Å². The lowest BCUT2D eigenvalue weighted by atomic mass is 9.89. The Morgan fingerprint density at radius 2 is 1.33 bits per heavy atom. The average Bonchev–Trinajstić information content (AvgIpc) is 4.08. The normalized spacial score (nSPS) is 17.8. The smallest absolute Gasteiger partial charge is 0.253 e. The summed E-state index contributed by atoms with van der Waals surface area (Å²) in [5, 5.41) is 16.3. The number of amides is 11. The van der Waals surface area contributed by atoms with Gasteiger partial charge in [0.1, 0.15) is 24.2 Å². The summed E-state index contributed by atoms with van der Waals surface area (Å²) in [7, 11) is 8.25. The first-order chi connectivity index (χ1) is 39.7. The summed E-state index contributed by atoms with van der Waals surface area (Å²) in [5.74, 6) is -7.70. The Morgan fingerprint density at radius 1 is 0.726 bits per heavy atom. The Bertz CT molecular complexity index is 2400. The van der Waals surface area contributed by atoms with E-state index in [1.54, 1.807) is 54.1 Å². The van der Waals surface area contributed by atoms with Crippen molar-refractivity contribution in [1.82, 2.24) is 51.5 Å². The lowest BCUT2D eigenvalue weighted by Gasteiger charge is -2.41. The molecule has 1 fully saturated rings. The number of ether oxygens (including phenoxy) is 2. The molecule has 0 bridgehead atoms. The molecule has 0 saturated carbocycles. The maximum Gasteiger partial charge on any atom is 0.253 e. The van der Waals surface area contributed by atoms with Crippen molar-refractivity contribution < 1.29 is 62.2 Å². The van der Waals surface area contributed by atoms with Gasteiger partial charge in [-0.3, -0.25) is 62.5 Å². The van der Waals surface area contributed by atoms with E-state index in [0.29, 0.717) is 50.8 Å². The molecule has 1 aromatic rings. The number of rotatable bonds is 37. The molecule has 1 saturated heterocycles. The maximum absolute atomic E-state index is 14.6. The highest BCUT2D eigenvalue weighted by molar-refractivity contribution is 6.13. The molecule has 0 radical (unpaired) electrons. The molecule has 2 heterocycles. The van der Waals surface area contributed by atoms with Crippen LogP contribution >= 0.6 is 0 Å². The number of primary amides is 1. The summed E-state index contributed by atoms with van der Waals surface area (Å²) < 4.78 is 12.1. The van der Waals surface area contributed by atoms with Crippen molar-refractivity contribution in [2.45, 2.75) is 167 Å². The number of nitrogens with two attached hydrogens (primary N) is 2. The van der Waals surface area contributed by atoms with Crippen molar-refractivity contribution in [2.75, 3.05) is 68.1 Å². The van der Waals surface area contributed by atoms with E-state index < -0.39 is 114 Å². The summed E-state index contributed by atoms with van der Waals surface area (Å²) in [5.41, 5.74) is 12.0. The SMILES string of the molecule is CC[C@H](C)[C@@H]([C@@H](CC(=O)N1CCC[C@H]1C(OC)[C@@H](C)C(=O)N[C@@H](Cc1ccccc1)C(=O)N[C@@H](CC(N)=O)C(=O)N[C@@H](CCCCN)C(=O)NCCNC(=O)CCN1C(=O)C=CC1=O)OC)N(C)C(=O)[C@@H](NC(=O)[C@H](C(C)C)N(C)C)C(C)C. The number of imide groups is 1. The Morgan fingerprint density at radius 3 is 1.89 bits per heavy atom. The van der Waals surface area contributed by atoms with Gasteiger partial charge in [0.2, 0.25) is 53.2 Å². The number of likely N-dealkylation sites (tertiary alicyclic amines) is 1. The lowest BCUT2D eigenvalue weighted by molar-refractivity contribution is -0.148. The molecule has 0 aliphatic carbocycles. The lowest BCUT2D eigenvalue weighted by Crippen LogP contribution is -2.60. The fourth-order valence-electron chi connectivity index (χ4n) is 11.0. The van der Waals surface area contributed by atoms with Gasteiger partial charge in [0.25, 0.3) is 11.8 Å². The van der Waals surface area contributed by atoms with Crippen LogP contribution in [0.4, 0.5) is 0 Å². The first kappa shape index (κ1) is 71.4. The minimum absolute atomic E-state index is 0.0197. The van der Waals surface area contributed by atoms with Gasteiger partial charge in [-0.2, -0.15) is 0 Å². The highest BCUT2D eigenvalue weighted by Gasteiger charge is 2.44. The number of carbonyl (C=O) groups excluding carboxylic acids is 11. The van der Waals surface area contributed by atoms with Crippen molar-refractivity contribution in [3.8, 4) is 0 Å². The molecule has 11 atom stereocenters. The van der Waals surface area contributed by atoms with Gasteiger partial charge in [-0.1, -0.05) is 85.2 Å². The number of likely N-dealkylation sites (N-methyl/N-ethyl adjacent to an activating group) is 2. The largest absolute Gasteiger partial charge is 0.379 e. The third-order valence-electron chi connectivity index (χ3n) is 15.7. The van der Waals surface area contributed by atoms with Gasteiger partial charge in [-0.05, 0) is 76.1 Å². The second-order valence-electron chi connectivity index (χ2n) is 22.9. The maximum atomic E-state index is 14.6. The summed E-state index contributed by atoms with van der Waals surface area (Å²) in [6.07, 6.45) is 2.34. The second-order valence-corrected chi connectivity index (χ2v) is 22.9. The Labute approximate surface area is 495 Å². The summed E-state index contributed by atoms with van der Waals surface area (Å²) >= 11 is 0. The minimum atomic E-state index is -1.60. The highest BCUT2D eigenvalue weighted by Crippen LogP contribution is 2.30. The van der Waals surface area contributed by atoms with Crippen molar-refractivity contribution in [3.05, 3.63) is 48.0 Å². The van der Waals surface area contributed by atoms with Crippen molar-refractivity contribution in [2.24, 2.45) is 35.1 Å². The number of benzene rings is 1. The van der Waals surface area contributed by atoms with E-state index in [1.165, 1.54) is 14.2 Å². The van der Waals surface area contributed by atoms with Crippen LogP contribution in [0.5, 0.6) is 0 Å². The summed E-state index contributed by atoms with van der Waals surface area (Å²) in [4.78, 5) is 154. The van der Waals surface area contributed by atoms with Gasteiger partial charge in [0.05, 0.1) is 49.1 Å². The van der Waals surface area contributed by atoms with Crippen LogP contribution in [0.25, 0.3) is 0 Å². The molecule has 1 aromatic carbocycles. The van der Waals surface area contributed by atoms with Gasteiger partial charge >= 0.3 is 0 Å². The van der Waals surface area contributed by atoms with Crippen LogP contribution < -0.4 is 43.4 Å². The zero-order chi connectivity index (χ0) is 63.0. The van der Waals surface area contributed by atoms with E-state index >= 15 is 0 Å². The molecule has 3 rings (SSSR count). The predicted molar refractivity (Wildman–Crippen MR) is 314 cm³/mol. The van der Waals surface area contributed by atoms with Crippen LogP contribution in [0, 0.1) is 23.7 Å². The van der Waals surface area contributed by atoms with E-state index in [4.69, 9.17) is 20.9 Å². The molecule has 2 aliphatic rings. The third kappa shape index (κ3) is 21.4. The summed E-state index contributed by atoms with van der Waals surface area (Å²) in [6, 6.07) is 2.19. The van der Waals surface area contributed by atoms with E-state index in [-0.39, 0.29) is 80.8 Å². The number of carbonyl (C=O) groups is 11. The zero-order valence-corrected chi connectivity index (χ0v) is 51.4. The first-order valence-corrected chi connectivity index (χ1v) is 29.3. The minimum Gasteiger partial charge on any atom is -0.379 e. The van der Waals surface area contributed by atoms with Crippen LogP contribution in [-0.2, 0) is 68.6 Å². The fourth-order valence-corrected chi connectivity index (χ4v) is 11.0. The highest BCUT2D eigenvalue weighted by atomic mass is 16.5. The molecule has 1 unspecified atom stereocenters. The van der Waals surface area contributed by atoms with E-state index in [0.717, 1.165) is 17.1 Å². The Hall–Kier alpha value is -6.83. The monoisotopic (exact) mass is 1180 g/mol. The number of nitrogens with one attached hydrogen (secondary N) is 6. The van der Waals surface area contributed by atoms with Crippen LogP contribution in [0.15, 0.2) is 42.5 Å². The molecular weight excluding hydrogens is 1080 g/mol. The summed E-state index contributed by atoms with van der Waals surface area (Å²) in [6.45, 7) is 13.7. The molecule has 11 amide bonds. The average molecular weight is 1180 g/mol.